The van der Waals surface area contributed by atoms with Gasteiger partial charge in [0.2, 0.25) is 0 Å². The number of halogens is 1. The van der Waals surface area contributed by atoms with Crippen LogP contribution in [0.1, 0.15) is 21.6 Å². The van der Waals surface area contributed by atoms with Crippen molar-refractivity contribution in [3.05, 3.63) is 88.5 Å². The summed E-state index contributed by atoms with van der Waals surface area (Å²) in [7, 11) is 0. The molecule has 0 spiro atoms. The second kappa shape index (κ2) is 7.17. The average molecular weight is 410 g/mol. The van der Waals surface area contributed by atoms with Crippen molar-refractivity contribution in [2.45, 2.75) is 13.1 Å². The number of hydrogen-bond donors (Lipinski definition) is 1. The third-order valence-corrected chi connectivity index (χ3v) is 4.54. The van der Waals surface area contributed by atoms with Crippen LogP contribution in [0.2, 0.25) is 0 Å². The molecule has 0 saturated heterocycles. The number of carbonyl (C=O) groups excluding carboxylic acids is 1. The van der Waals surface area contributed by atoms with Crippen molar-refractivity contribution in [2.75, 3.05) is 0 Å². The Morgan fingerprint density at radius 2 is 1.92 bits per heavy atom. The van der Waals surface area contributed by atoms with Gasteiger partial charge in [-0.05, 0) is 33.1 Å². The van der Waals surface area contributed by atoms with Crippen LogP contribution in [0, 0.1) is 0 Å². The lowest BCUT2D eigenvalue weighted by Crippen LogP contribution is -2.25. The van der Waals surface area contributed by atoms with Crippen LogP contribution in [0.3, 0.4) is 0 Å². The summed E-state index contributed by atoms with van der Waals surface area (Å²) in [5.74, 6) is -0.146. The van der Waals surface area contributed by atoms with Crippen LogP contribution < -0.4 is 5.32 Å². The van der Waals surface area contributed by atoms with Crippen molar-refractivity contribution < 1.29 is 9.21 Å². The number of pyridine rings is 1. The molecule has 26 heavy (non-hydrogen) atoms. The molecule has 3 aromatic heterocycles. The van der Waals surface area contributed by atoms with Gasteiger partial charge in [-0.2, -0.15) is 0 Å². The smallest absolute Gasteiger partial charge is 0.268 e. The Morgan fingerprint density at radius 3 is 2.69 bits per heavy atom. The second-order valence-electron chi connectivity index (χ2n) is 5.95. The predicted molar refractivity (Wildman–Crippen MR) is 103 cm³/mol. The topological polar surface area (TPSA) is 60.1 Å². The van der Waals surface area contributed by atoms with Crippen molar-refractivity contribution in [1.82, 2.24) is 14.9 Å². The summed E-state index contributed by atoms with van der Waals surface area (Å²) in [5, 5.41) is 2.95. The molecule has 0 aliphatic rings. The van der Waals surface area contributed by atoms with Crippen LogP contribution in [-0.2, 0) is 13.1 Å². The molecule has 4 rings (SSSR count). The molecular formula is C20H16BrN3O2. The highest BCUT2D eigenvalue weighted by Crippen LogP contribution is 2.28. The molecule has 130 valence electrons. The highest BCUT2D eigenvalue weighted by molar-refractivity contribution is 9.10. The lowest BCUT2D eigenvalue weighted by molar-refractivity contribution is 0.0942. The highest BCUT2D eigenvalue weighted by atomic mass is 79.9. The van der Waals surface area contributed by atoms with Crippen LogP contribution in [0.25, 0.3) is 11.1 Å². The Kier molecular flexibility index (Phi) is 4.58. The summed E-state index contributed by atoms with van der Waals surface area (Å²) in [4.78, 5) is 16.8. The van der Waals surface area contributed by atoms with Crippen molar-refractivity contribution in [3.8, 4) is 0 Å². The third kappa shape index (κ3) is 3.41. The lowest BCUT2D eigenvalue weighted by atomic mass is 10.2. The number of hydrogen-bond acceptors (Lipinski definition) is 3. The third-order valence-electron chi connectivity index (χ3n) is 4.15. The minimum absolute atomic E-state index is 0.146. The maximum atomic E-state index is 12.8. The fourth-order valence-electron chi connectivity index (χ4n) is 2.91. The van der Waals surface area contributed by atoms with Crippen LogP contribution >= 0.6 is 15.9 Å². The first-order chi connectivity index (χ1) is 12.7. The molecule has 0 fully saturated rings. The van der Waals surface area contributed by atoms with Gasteiger partial charge in [0.15, 0.2) is 10.3 Å². The zero-order chi connectivity index (χ0) is 17.9. The molecule has 6 heteroatoms. The summed E-state index contributed by atoms with van der Waals surface area (Å²) in [5.41, 5.74) is 4.20. The Bertz CT molecular complexity index is 1040. The van der Waals surface area contributed by atoms with Gasteiger partial charge in [0.05, 0.1) is 5.52 Å². The Morgan fingerprint density at radius 1 is 1.12 bits per heavy atom. The van der Waals surface area contributed by atoms with Crippen LogP contribution in [0.4, 0.5) is 0 Å². The number of aromatic nitrogens is 2. The van der Waals surface area contributed by atoms with Gasteiger partial charge in [0, 0.05) is 37.6 Å². The van der Waals surface area contributed by atoms with E-state index in [1.54, 1.807) is 18.5 Å². The fourth-order valence-corrected chi connectivity index (χ4v) is 3.30. The van der Waals surface area contributed by atoms with Gasteiger partial charge >= 0.3 is 0 Å². The van der Waals surface area contributed by atoms with Crippen LogP contribution in [-0.4, -0.2) is 15.5 Å². The second-order valence-corrected chi connectivity index (χ2v) is 6.73. The minimum atomic E-state index is -0.146. The number of amides is 1. The predicted octanol–water partition coefficient (Wildman–Crippen LogP) is 4.37. The van der Waals surface area contributed by atoms with E-state index in [1.165, 1.54) is 0 Å². The molecule has 0 aliphatic carbocycles. The number of rotatable bonds is 5. The van der Waals surface area contributed by atoms with E-state index in [2.05, 4.69) is 26.2 Å². The number of benzene rings is 1. The van der Waals surface area contributed by atoms with Gasteiger partial charge in [0.1, 0.15) is 5.69 Å². The Labute approximate surface area is 158 Å². The monoisotopic (exact) mass is 409 g/mol. The van der Waals surface area contributed by atoms with Crippen molar-refractivity contribution in [3.63, 3.8) is 0 Å². The van der Waals surface area contributed by atoms with Gasteiger partial charge in [-0.15, -0.1) is 0 Å². The molecule has 0 bridgehead atoms. The molecular weight excluding hydrogens is 394 g/mol. The van der Waals surface area contributed by atoms with E-state index in [9.17, 15) is 4.79 Å². The van der Waals surface area contributed by atoms with Crippen molar-refractivity contribution in [2.24, 2.45) is 0 Å². The fraction of sp³-hybridized carbons (Fsp3) is 0.100. The normalized spacial score (nSPS) is 11.0. The molecule has 5 nitrogen and oxygen atoms in total. The van der Waals surface area contributed by atoms with E-state index < -0.39 is 0 Å². The minimum Gasteiger partial charge on any atom is -0.448 e. The Hall–Kier alpha value is -2.86. The van der Waals surface area contributed by atoms with Crippen molar-refractivity contribution in [1.29, 1.82) is 0 Å². The van der Waals surface area contributed by atoms with Crippen molar-refractivity contribution >= 4 is 32.9 Å². The molecule has 0 aliphatic heterocycles. The first kappa shape index (κ1) is 16.6. The number of furan rings is 1. The van der Waals surface area contributed by atoms with Gasteiger partial charge in [-0.25, -0.2) is 0 Å². The van der Waals surface area contributed by atoms with Gasteiger partial charge in [-0.3, -0.25) is 9.78 Å². The molecule has 0 saturated carbocycles. The number of nitrogens with zero attached hydrogens (tertiary/aromatic N) is 2. The molecule has 3 heterocycles. The van der Waals surface area contributed by atoms with Crippen LogP contribution in [0.5, 0.6) is 0 Å². The summed E-state index contributed by atoms with van der Waals surface area (Å²) < 4.78 is 8.26. The van der Waals surface area contributed by atoms with E-state index in [0.29, 0.717) is 29.0 Å². The maximum absolute atomic E-state index is 12.8. The summed E-state index contributed by atoms with van der Waals surface area (Å²) >= 11 is 3.36. The molecule has 0 atom stereocenters. The van der Waals surface area contributed by atoms with Gasteiger partial charge in [0.25, 0.3) is 5.91 Å². The summed E-state index contributed by atoms with van der Waals surface area (Å²) in [6, 6.07) is 17.5. The van der Waals surface area contributed by atoms with E-state index >= 15 is 0 Å². The largest absolute Gasteiger partial charge is 0.448 e. The number of carbonyl (C=O) groups is 1. The maximum Gasteiger partial charge on any atom is 0.268 e. The van der Waals surface area contributed by atoms with E-state index in [4.69, 9.17) is 4.42 Å². The first-order valence-corrected chi connectivity index (χ1v) is 8.99. The lowest BCUT2D eigenvalue weighted by Gasteiger charge is -2.11. The van der Waals surface area contributed by atoms with Gasteiger partial charge in [-0.1, -0.05) is 36.4 Å². The molecule has 4 aromatic rings. The van der Waals surface area contributed by atoms with Gasteiger partial charge < -0.3 is 14.3 Å². The zero-order valence-corrected chi connectivity index (χ0v) is 15.4. The molecule has 0 unspecified atom stereocenters. The number of fused-ring (bicyclic) bond motifs is 1. The van der Waals surface area contributed by atoms with E-state index in [-0.39, 0.29) is 5.91 Å². The van der Waals surface area contributed by atoms with E-state index in [0.717, 1.165) is 16.6 Å². The zero-order valence-electron chi connectivity index (χ0n) is 13.9. The standard InChI is InChI=1S/C20H16BrN3O2/c21-19-10-16-18(26-19)9-17(24(16)13-14-5-2-1-3-6-14)20(25)23-12-15-7-4-8-22-11-15/h1-11H,12-13H2,(H,23,25). The first-order valence-electron chi connectivity index (χ1n) is 8.20. The molecule has 0 radical (unpaired) electrons. The summed E-state index contributed by atoms with van der Waals surface area (Å²) in [6.07, 6.45) is 3.45. The molecule has 1 N–H and O–H groups in total. The average Bonchev–Trinajstić information content (AvgIpc) is 3.19. The quantitative estimate of drug-likeness (QED) is 0.532. The summed E-state index contributed by atoms with van der Waals surface area (Å²) in [6.45, 7) is 1.01. The van der Waals surface area contributed by atoms with Crippen LogP contribution in [0.15, 0.2) is 76.1 Å². The number of nitrogens with one attached hydrogen (secondary N) is 1. The molecule has 1 amide bonds. The Balaban J connectivity index is 1.64. The highest BCUT2D eigenvalue weighted by Gasteiger charge is 2.18. The SMILES string of the molecule is O=C(NCc1cccnc1)c1cc2oc(Br)cc2n1Cc1ccccc1. The molecule has 1 aromatic carbocycles. The van der Waals surface area contributed by atoms with E-state index in [1.807, 2.05) is 53.1 Å².